The van der Waals surface area contributed by atoms with Gasteiger partial charge in [0.25, 0.3) is 0 Å². The quantitative estimate of drug-likeness (QED) is 0.903. The molecule has 1 aliphatic rings. The summed E-state index contributed by atoms with van der Waals surface area (Å²) in [5, 5.41) is 3.67. The Bertz CT molecular complexity index is 403. The average molecular weight is 261 g/mol. The highest BCUT2D eigenvalue weighted by molar-refractivity contribution is 5.17. The molecule has 19 heavy (non-hydrogen) atoms. The Labute approximate surface area is 117 Å². The van der Waals surface area contributed by atoms with E-state index < -0.39 is 0 Å². The van der Waals surface area contributed by atoms with Crippen LogP contribution in [0, 0.1) is 12.8 Å². The maximum atomic E-state index is 4.53. The van der Waals surface area contributed by atoms with E-state index in [4.69, 9.17) is 0 Å². The molecule has 2 heterocycles. The van der Waals surface area contributed by atoms with Crippen LogP contribution in [0.15, 0.2) is 18.3 Å². The second-order valence-electron chi connectivity index (χ2n) is 6.28. The van der Waals surface area contributed by atoms with Crippen molar-refractivity contribution in [3.8, 4) is 0 Å². The van der Waals surface area contributed by atoms with Crippen molar-refractivity contribution in [3.05, 3.63) is 29.6 Å². The molecule has 0 aliphatic carbocycles. The van der Waals surface area contributed by atoms with Gasteiger partial charge < -0.3 is 5.32 Å². The molecule has 3 heteroatoms. The molecule has 0 spiro atoms. The lowest BCUT2D eigenvalue weighted by atomic mass is 10.00. The second kappa shape index (κ2) is 6.49. The minimum Gasteiger partial charge on any atom is -0.311 e. The molecule has 106 valence electrons. The number of hydrogen-bond acceptors (Lipinski definition) is 3. The molecule has 3 nitrogen and oxygen atoms in total. The number of nitrogens with zero attached hydrogens (tertiary/aromatic N) is 2. The predicted octanol–water partition coefficient (Wildman–Crippen LogP) is 2.60. The molecule has 2 rings (SSSR count). The Morgan fingerprint density at radius 3 is 2.95 bits per heavy atom. The summed E-state index contributed by atoms with van der Waals surface area (Å²) >= 11 is 0. The van der Waals surface area contributed by atoms with Crippen LogP contribution in [0.25, 0.3) is 0 Å². The molecule has 0 aromatic carbocycles. The molecule has 1 aromatic heterocycles. The Hall–Kier alpha value is -0.930. The van der Waals surface area contributed by atoms with Crippen molar-refractivity contribution in [2.45, 2.75) is 52.7 Å². The topological polar surface area (TPSA) is 28.2 Å². The first-order valence-electron chi connectivity index (χ1n) is 7.44. The van der Waals surface area contributed by atoms with Crippen LogP contribution in [0.3, 0.4) is 0 Å². The van der Waals surface area contributed by atoms with Gasteiger partial charge in [-0.1, -0.05) is 19.9 Å². The van der Waals surface area contributed by atoms with Crippen LogP contribution < -0.4 is 5.32 Å². The summed E-state index contributed by atoms with van der Waals surface area (Å²) in [6.45, 7) is 12.3. The first-order chi connectivity index (χ1) is 9.06. The Kier molecular flexibility index (Phi) is 4.94. The third-order valence-corrected chi connectivity index (χ3v) is 4.01. The van der Waals surface area contributed by atoms with Gasteiger partial charge in [-0.2, -0.15) is 0 Å². The van der Waals surface area contributed by atoms with Crippen LogP contribution in [0.5, 0.6) is 0 Å². The van der Waals surface area contributed by atoms with Crippen molar-refractivity contribution in [2.75, 3.05) is 13.1 Å². The summed E-state index contributed by atoms with van der Waals surface area (Å²) in [7, 11) is 0. The van der Waals surface area contributed by atoms with E-state index in [-0.39, 0.29) is 0 Å². The third kappa shape index (κ3) is 4.02. The van der Waals surface area contributed by atoms with Crippen LogP contribution in [0.1, 0.15) is 38.4 Å². The lowest BCUT2D eigenvalue weighted by Crippen LogP contribution is -2.55. The third-order valence-electron chi connectivity index (χ3n) is 4.01. The summed E-state index contributed by atoms with van der Waals surface area (Å²) in [5.41, 5.74) is 2.52. The SMILES string of the molecule is Cc1cccnc1CN1CC(CC(C)C)NCC1C. The predicted molar refractivity (Wildman–Crippen MR) is 80.1 cm³/mol. The van der Waals surface area contributed by atoms with E-state index in [1.165, 1.54) is 17.7 Å². The van der Waals surface area contributed by atoms with Crippen LogP contribution in [-0.4, -0.2) is 35.1 Å². The summed E-state index contributed by atoms with van der Waals surface area (Å²) < 4.78 is 0. The Balaban J connectivity index is 1.99. The fourth-order valence-electron chi connectivity index (χ4n) is 2.82. The number of aromatic nitrogens is 1. The molecular weight excluding hydrogens is 234 g/mol. The first kappa shape index (κ1) is 14.5. The van der Waals surface area contributed by atoms with E-state index in [1.54, 1.807) is 0 Å². The molecular formula is C16H27N3. The lowest BCUT2D eigenvalue weighted by molar-refractivity contribution is 0.123. The van der Waals surface area contributed by atoms with Crippen molar-refractivity contribution < 1.29 is 0 Å². The van der Waals surface area contributed by atoms with E-state index in [9.17, 15) is 0 Å². The normalized spacial score (nSPS) is 24.9. The van der Waals surface area contributed by atoms with Crippen LogP contribution >= 0.6 is 0 Å². The van der Waals surface area contributed by atoms with Gasteiger partial charge in [0.1, 0.15) is 0 Å². The monoisotopic (exact) mass is 261 g/mol. The number of hydrogen-bond donors (Lipinski definition) is 1. The van der Waals surface area contributed by atoms with E-state index >= 15 is 0 Å². The van der Waals surface area contributed by atoms with Gasteiger partial charge in [0.05, 0.1) is 5.69 Å². The Morgan fingerprint density at radius 2 is 2.26 bits per heavy atom. The summed E-state index contributed by atoms with van der Waals surface area (Å²) in [5.74, 6) is 0.754. The zero-order chi connectivity index (χ0) is 13.8. The zero-order valence-corrected chi connectivity index (χ0v) is 12.7. The molecule has 2 unspecified atom stereocenters. The molecule has 1 N–H and O–H groups in total. The van der Waals surface area contributed by atoms with Crippen molar-refractivity contribution in [1.82, 2.24) is 15.2 Å². The minimum absolute atomic E-state index is 0.588. The van der Waals surface area contributed by atoms with Crippen LogP contribution in [0.4, 0.5) is 0 Å². The standard InChI is InChI=1S/C16H27N3/c1-12(2)8-15-10-19(14(4)9-18-15)11-16-13(3)6-5-7-17-16/h5-7,12,14-15,18H,8-11H2,1-4H3. The van der Waals surface area contributed by atoms with Gasteiger partial charge in [-0.15, -0.1) is 0 Å². The molecule has 2 atom stereocenters. The van der Waals surface area contributed by atoms with Gasteiger partial charge in [-0.3, -0.25) is 9.88 Å². The maximum Gasteiger partial charge on any atom is 0.0573 e. The van der Waals surface area contributed by atoms with Gasteiger partial charge >= 0.3 is 0 Å². The summed E-state index contributed by atoms with van der Waals surface area (Å²) in [6, 6.07) is 5.38. The van der Waals surface area contributed by atoms with Crippen molar-refractivity contribution in [1.29, 1.82) is 0 Å². The number of nitrogens with one attached hydrogen (secondary N) is 1. The highest BCUT2D eigenvalue weighted by Crippen LogP contribution is 2.16. The molecule has 1 aromatic rings. The molecule has 1 saturated heterocycles. The van der Waals surface area contributed by atoms with Gasteiger partial charge in [-0.25, -0.2) is 0 Å². The highest BCUT2D eigenvalue weighted by Gasteiger charge is 2.25. The van der Waals surface area contributed by atoms with Crippen LogP contribution in [0.2, 0.25) is 0 Å². The molecule has 0 amide bonds. The number of rotatable bonds is 4. The molecule has 0 bridgehead atoms. The largest absolute Gasteiger partial charge is 0.311 e. The smallest absolute Gasteiger partial charge is 0.0573 e. The van der Waals surface area contributed by atoms with Gasteiger partial charge in [0, 0.05) is 37.9 Å². The number of piperazine rings is 1. The molecule has 0 radical (unpaired) electrons. The molecule has 1 aliphatic heterocycles. The fraction of sp³-hybridized carbons (Fsp3) is 0.688. The number of pyridine rings is 1. The second-order valence-corrected chi connectivity index (χ2v) is 6.28. The fourth-order valence-corrected chi connectivity index (χ4v) is 2.82. The molecule has 1 fully saturated rings. The summed E-state index contributed by atoms with van der Waals surface area (Å²) in [4.78, 5) is 7.10. The van der Waals surface area contributed by atoms with E-state index in [1.807, 2.05) is 12.3 Å². The van der Waals surface area contributed by atoms with Crippen LogP contribution in [-0.2, 0) is 6.54 Å². The maximum absolute atomic E-state index is 4.53. The van der Waals surface area contributed by atoms with Gasteiger partial charge in [-0.05, 0) is 37.8 Å². The minimum atomic E-state index is 0.588. The van der Waals surface area contributed by atoms with E-state index in [0.29, 0.717) is 12.1 Å². The van der Waals surface area contributed by atoms with Crippen molar-refractivity contribution in [3.63, 3.8) is 0 Å². The van der Waals surface area contributed by atoms with E-state index in [2.05, 4.69) is 49.0 Å². The first-order valence-corrected chi connectivity index (χ1v) is 7.44. The van der Waals surface area contributed by atoms with Gasteiger partial charge in [0.15, 0.2) is 0 Å². The average Bonchev–Trinajstić information content (AvgIpc) is 2.35. The highest BCUT2D eigenvalue weighted by atomic mass is 15.2. The number of aryl methyl sites for hydroxylation is 1. The molecule has 0 saturated carbocycles. The Morgan fingerprint density at radius 1 is 1.47 bits per heavy atom. The van der Waals surface area contributed by atoms with Crippen molar-refractivity contribution in [2.24, 2.45) is 5.92 Å². The van der Waals surface area contributed by atoms with E-state index in [0.717, 1.165) is 25.6 Å². The summed E-state index contributed by atoms with van der Waals surface area (Å²) in [6.07, 6.45) is 3.16. The van der Waals surface area contributed by atoms with Crippen molar-refractivity contribution >= 4 is 0 Å². The lowest BCUT2D eigenvalue weighted by Gasteiger charge is -2.39. The van der Waals surface area contributed by atoms with Gasteiger partial charge in [0.2, 0.25) is 0 Å². The zero-order valence-electron chi connectivity index (χ0n) is 12.7.